The van der Waals surface area contributed by atoms with Gasteiger partial charge in [0.15, 0.2) is 0 Å². The second kappa shape index (κ2) is 7.30. The molecule has 0 atom stereocenters. The molecule has 1 aliphatic carbocycles. The number of aryl methyl sites for hydroxylation is 1. The third kappa shape index (κ3) is 3.75. The van der Waals surface area contributed by atoms with Gasteiger partial charge in [-0.1, -0.05) is 0 Å². The molecular weight excluding hydrogens is 322 g/mol. The van der Waals surface area contributed by atoms with Crippen LogP contribution in [0.1, 0.15) is 49.1 Å². The number of hydrogen-bond donors (Lipinski definition) is 1. The van der Waals surface area contributed by atoms with Crippen LogP contribution < -0.4 is 5.73 Å². The fraction of sp³-hybridized carbons (Fsp3) is 0.500. The fourth-order valence-electron chi connectivity index (χ4n) is 3.25. The first-order valence-electron chi connectivity index (χ1n) is 8.43. The van der Waals surface area contributed by atoms with Crippen LogP contribution in [0.25, 0.3) is 10.6 Å². The number of rotatable bonds is 4. The van der Waals surface area contributed by atoms with Crippen molar-refractivity contribution in [2.24, 2.45) is 5.92 Å². The molecule has 24 heavy (non-hydrogen) atoms. The zero-order valence-corrected chi connectivity index (χ0v) is 14.9. The van der Waals surface area contributed by atoms with Gasteiger partial charge in [0.2, 0.25) is 0 Å². The number of carbonyl (C=O) groups is 1. The molecule has 1 aliphatic rings. The second-order valence-electron chi connectivity index (χ2n) is 6.32. The van der Waals surface area contributed by atoms with Crippen LogP contribution in [0.2, 0.25) is 0 Å². The number of anilines is 1. The Balaban J connectivity index is 1.67. The van der Waals surface area contributed by atoms with Crippen LogP contribution >= 0.6 is 11.3 Å². The minimum Gasteiger partial charge on any atom is -0.466 e. The monoisotopic (exact) mass is 345 g/mol. The highest BCUT2D eigenvalue weighted by Gasteiger charge is 2.29. The summed E-state index contributed by atoms with van der Waals surface area (Å²) in [5.41, 5.74) is 7.83. The lowest BCUT2D eigenvalue weighted by atomic mass is 9.82. The summed E-state index contributed by atoms with van der Waals surface area (Å²) in [6.07, 6.45) is 5.63. The maximum absolute atomic E-state index is 11.8. The molecule has 3 rings (SSSR count). The van der Waals surface area contributed by atoms with Crippen molar-refractivity contribution < 1.29 is 9.53 Å². The molecular formula is C18H23N3O2S. The van der Waals surface area contributed by atoms with Crippen molar-refractivity contribution in [3.63, 3.8) is 0 Å². The van der Waals surface area contributed by atoms with Crippen LogP contribution in [0.15, 0.2) is 18.3 Å². The number of thiazole rings is 1. The largest absolute Gasteiger partial charge is 0.466 e. The highest BCUT2D eigenvalue weighted by atomic mass is 32.1. The van der Waals surface area contributed by atoms with Gasteiger partial charge >= 0.3 is 5.97 Å². The maximum atomic E-state index is 11.8. The average Bonchev–Trinajstić information content (AvgIpc) is 3.04. The first kappa shape index (κ1) is 16.9. The van der Waals surface area contributed by atoms with Gasteiger partial charge in [-0.05, 0) is 57.2 Å². The average molecular weight is 345 g/mol. The van der Waals surface area contributed by atoms with Crippen LogP contribution in [0.4, 0.5) is 5.82 Å². The molecule has 1 fully saturated rings. The van der Waals surface area contributed by atoms with Crippen molar-refractivity contribution >= 4 is 23.1 Å². The summed E-state index contributed by atoms with van der Waals surface area (Å²) < 4.78 is 5.13. The zero-order chi connectivity index (χ0) is 17.1. The second-order valence-corrected chi connectivity index (χ2v) is 7.38. The Morgan fingerprint density at radius 2 is 2.08 bits per heavy atom. The first-order chi connectivity index (χ1) is 11.6. The Morgan fingerprint density at radius 3 is 2.75 bits per heavy atom. The van der Waals surface area contributed by atoms with Gasteiger partial charge in [-0.25, -0.2) is 9.97 Å². The number of hydrogen-bond acceptors (Lipinski definition) is 6. The number of esters is 1. The minimum atomic E-state index is -0.0461. The third-order valence-electron chi connectivity index (χ3n) is 4.46. The van der Waals surface area contributed by atoms with Crippen molar-refractivity contribution in [2.45, 2.75) is 45.4 Å². The van der Waals surface area contributed by atoms with E-state index in [1.807, 2.05) is 32.2 Å². The molecule has 6 heteroatoms. The molecule has 2 aromatic rings. The van der Waals surface area contributed by atoms with Crippen molar-refractivity contribution in [2.75, 3.05) is 12.3 Å². The van der Waals surface area contributed by atoms with E-state index >= 15 is 0 Å². The SMILES string of the molecule is CCOC(=O)C1CCC(c2ncc(-c3cc(C)cc(N)n3)s2)CC1. The van der Waals surface area contributed by atoms with Crippen LogP contribution in [0.3, 0.4) is 0 Å². The van der Waals surface area contributed by atoms with Gasteiger partial charge in [-0.15, -0.1) is 11.3 Å². The molecule has 0 amide bonds. The van der Waals surface area contributed by atoms with Crippen molar-refractivity contribution in [3.8, 4) is 10.6 Å². The summed E-state index contributed by atoms with van der Waals surface area (Å²) in [4.78, 5) is 21.9. The molecule has 0 unspecified atom stereocenters. The molecule has 128 valence electrons. The number of ether oxygens (including phenoxy) is 1. The van der Waals surface area contributed by atoms with Crippen molar-refractivity contribution in [1.82, 2.24) is 9.97 Å². The van der Waals surface area contributed by atoms with Gasteiger partial charge in [-0.2, -0.15) is 0 Å². The number of nitrogens with two attached hydrogens (primary N) is 1. The summed E-state index contributed by atoms with van der Waals surface area (Å²) in [6.45, 7) is 4.33. The van der Waals surface area contributed by atoms with Crippen molar-refractivity contribution in [1.29, 1.82) is 0 Å². The lowest BCUT2D eigenvalue weighted by Crippen LogP contribution is -2.23. The smallest absolute Gasteiger partial charge is 0.308 e. The molecule has 2 heterocycles. The Labute approximate surface area is 146 Å². The van der Waals surface area contributed by atoms with Gasteiger partial charge in [0, 0.05) is 12.1 Å². The molecule has 1 saturated carbocycles. The van der Waals surface area contributed by atoms with Gasteiger partial charge in [0.1, 0.15) is 5.82 Å². The van der Waals surface area contributed by atoms with E-state index in [9.17, 15) is 4.79 Å². The molecule has 0 radical (unpaired) electrons. The molecule has 0 saturated heterocycles. The summed E-state index contributed by atoms with van der Waals surface area (Å²) in [5.74, 6) is 0.973. The Morgan fingerprint density at radius 1 is 1.33 bits per heavy atom. The van der Waals surface area contributed by atoms with E-state index in [1.54, 1.807) is 11.3 Å². The van der Waals surface area contributed by atoms with Crippen LogP contribution in [0, 0.1) is 12.8 Å². The van der Waals surface area contributed by atoms with E-state index < -0.39 is 0 Å². The molecule has 2 N–H and O–H groups in total. The predicted octanol–water partition coefficient (Wildman–Crippen LogP) is 3.93. The Bertz CT molecular complexity index is 701. The molecule has 5 nitrogen and oxygen atoms in total. The summed E-state index contributed by atoms with van der Waals surface area (Å²) in [6, 6.07) is 3.90. The number of nitrogen functional groups attached to an aromatic ring is 1. The lowest BCUT2D eigenvalue weighted by molar-refractivity contribution is -0.149. The van der Waals surface area contributed by atoms with Gasteiger partial charge in [-0.3, -0.25) is 4.79 Å². The van der Waals surface area contributed by atoms with Crippen LogP contribution in [-0.4, -0.2) is 22.5 Å². The number of aromatic nitrogens is 2. The number of pyridine rings is 1. The quantitative estimate of drug-likeness (QED) is 0.849. The molecule has 0 spiro atoms. The van der Waals surface area contributed by atoms with Gasteiger partial charge in [0.05, 0.1) is 28.1 Å². The lowest BCUT2D eigenvalue weighted by Gasteiger charge is -2.25. The minimum absolute atomic E-state index is 0.0461. The first-order valence-corrected chi connectivity index (χ1v) is 9.25. The standard InChI is InChI=1S/C18H23N3O2S/c1-3-23-18(22)13-6-4-12(5-7-13)17-20-10-15(24-17)14-8-11(2)9-16(19)21-14/h8-10,12-13H,3-7H2,1-2H3,(H2,19,21). The predicted molar refractivity (Wildman–Crippen MR) is 95.8 cm³/mol. The zero-order valence-electron chi connectivity index (χ0n) is 14.1. The van der Waals surface area contributed by atoms with E-state index in [0.29, 0.717) is 18.3 Å². The fourth-order valence-corrected chi connectivity index (χ4v) is 4.30. The van der Waals surface area contributed by atoms with Gasteiger partial charge in [0.25, 0.3) is 0 Å². The van der Waals surface area contributed by atoms with Gasteiger partial charge < -0.3 is 10.5 Å². The number of carbonyl (C=O) groups excluding carboxylic acids is 1. The van der Waals surface area contributed by atoms with Crippen LogP contribution in [-0.2, 0) is 9.53 Å². The normalized spacial score (nSPS) is 20.8. The summed E-state index contributed by atoms with van der Waals surface area (Å²) >= 11 is 1.68. The van der Waals surface area contributed by atoms with E-state index in [4.69, 9.17) is 10.5 Å². The summed E-state index contributed by atoms with van der Waals surface area (Å²) in [5, 5.41) is 1.13. The van der Waals surface area contributed by atoms with E-state index in [1.165, 1.54) is 0 Å². The topological polar surface area (TPSA) is 78.1 Å². The number of nitrogens with zero attached hydrogens (tertiary/aromatic N) is 2. The van der Waals surface area contributed by atoms with Crippen LogP contribution in [0.5, 0.6) is 0 Å². The molecule has 0 bridgehead atoms. The van der Waals surface area contributed by atoms with E-state index in [2.05, 4.69) is 9.97 Å². The van der Waals surface area contributed by atoms with E-state index in [-0.39, 0.29) is 11.9 Å². The maximum Gasteiger partial charge on any atom is 0.308 e. The molecule has 0 aromatic carbocycles. The Kier molecular flexibility index (Phi) is 5.14. The summed E-state index contributed by atoms with van der Waals surface area (Å²) in [7, 11) is 0. The third-order valence-corrected chi connectivity index (χ3v) is 5.64. The van der Waals surface area contributed by atoms with Crippen molar-refractivity contribution in [3.05, 3.63) is 28.9 Å². The highest BCUT2D eigenvalue weighted by Crippen LogP contribution is 2.39. The highest BCUT2D eigenvalue weighted by molar-refractivity contribution is 7.15. The molecule has 0 aliphatic heterocycles. The Hall–Kier alpha value is -1.95. The van der Waals surface area contributed by atoms with E-state index in [0.717, 1.165) is 46.8 Å². The molecule has 2 aromatic heterocycles.